The predicted octanol–water partition coefficient (Wildman–Crippen LogP) is 27.7. The lowest BCUT2D eigenvalue weighted by Gasteiger charge is -2.21. The largest absolute Gasteiger partial charge is 0.472 e. The van der Waals surface area contributed by atoms with Gasteiger partial charge in [0.05, 0.1) is 26.4 Å². The van der Waals surface area contributed by atoms with E-state index in [0.717, 1.165) is 193 Å². The Bertz CT molecular complexity index is 2820. The molecule has 0 aliphatic carbocycles. The van der Waals surface area contributed by atoms with Gasteiger partial charge in [-0.25, -0.2) is 9.13 Å². The Morgan fingerprint density at radius 1 is 0.243 bits per heavy atom. The fourth-order valence-electron chi connectivity index (χ4n) is 11.9. The van der Waals surface area contributed by atoms with Gasteiger partial charge >= 0.3 is 33.6 Å². The lowest BCUT2D eigenvalue weighted by molar-refractivity contribution is -0.161. The number of hydrogen-bond acceptors (Lipinski definition) is 14. The number of phosphoric acid groups is 2. The molecule has 0 aromatic rings. The Kier molecular flexibility index (Phi) is 83.9. The van der Waals surface area contributed by atoms with Gasteiger partial charge in [-0.2, -0.15) is 0 Å². The van der Waals surface area contributed by atoms with Crippen molar-refractivity contribution in [3.8, 4) is 0 Å². The summed E-state index contributed by atoms with van der Waals surface area (Å²) < 4.78 is 61.4. The molecule has 0 heterocycles. The highest BCUT2D eigenvalue weighted by molar-refractivity contribution is 7.47. The summed E-state index contributed by atoms with van der Waals surface area (Å²) in [6.07, 6.45) is 115. The van der Waals surface area contributed by atoms with Crippen molar-refractivity contribution in [2.45, 2.75) is 373 Å². The van der Waals surface area contributed by atoms with E-state index in [1.807, 2.05) is 0 Å². The highest BCUT2D eigenvalue weighted by Crippen LogP contribution is 2.45. The van der Waals surface area contributed by atoms with Crippen LogP contribution in [0.1, 0.15) is 355 Å². The van der Waals surface area contributed by atoms with E-state index in [9.17, 15) is 43.5 Å². The second-order valence-corrected chi connectivity index (χ2v) is 32.5. The molecular weight excluding hydrogens is 1480 g/mol. The average molecular weight is 1650 g/mol. The van der Waals surface area contributed by atoms with Crippen molar-refractivity contribution in [1.29, 1.82) is 0 Å². The maximum Gasteiger partial charge on any atom is 0.472 e. The van der Waals surface area contributed by atoms with Crippen molar-refractivity contribution in [2.24, 2.45) is 0 Å². The van der Waals surface area contributed by atoms with Gasteiger partial charge in [-0.05, 0) is 154 Å². The normalized spacial score (nSPS) is 14.7. The topological polar surface area (TPSA) is 231 Å². The minimum atomic E-state index is -4.95. The molecule has 4 N–H and O–H groups in total. The van der Waals surface area contributed by atoms with Crippen molar-refractivity contribution >= 4 is 33.6 Å². The van der Waals surface area contributed by atoms with Crippen LogP contribution in [0.2, 0.25) is 0 Å². The molecule has 656 valence electrons. The van der Waals surface area contributed by atoms with Crippen LogP contribution < -0.4 is 0 Å². The summed E-state index contributed by atoms with van der Waals surface area (Å²) in [4.78, 5) is 59.0. The maximum absolute atomic E-state index is 13.0. The summed E-state index contributed by atoms with van der Waals surface area (Å²) in [5.74, 6) is -1.59. The second kappa shape index (κ2) is 87.9. The summed E-state index contributed by atoms with van der Waals surface area (Å²) in [5, 5.41) is 20.7. The van der Waals surface area contributed by atoms with E-state index in [1.165, 1.54) is 103 Å². The molecule has 0 radical (unpaired) electrons. The Hall–Kier alpha value is -5.35. The molecule has 0 amide bonds. The van der Waals surface area contributed by atoms with Gasteiger partial charge < -0.3 is 34.2 Å². The van der Waals surface area contributed by atoms with E-state index in [-0.39, 0.29) is 19.3 Å². The van der Waals surface area contributed by atoms with Crippen molar-refractivity contribution in [2.75, 3.05) is 39.6 Å². The number of allylic oxidation sites excluding steroid dienone is 30. The first-order valence-electron chi connectivity index (χ1n) is 45.1. The van der Waals surface area contributed by atoms with Crippen molar-refractivity contribution in [3.63, 3.8) is 0 Å². The Morgan fingerprint density at radius 2 is 0.435 bits per heavy atom. The van der Waals surface area contributed by atoms with Crippen LogP contribution in [0, 0.1) is 0 Å². The number of ether oxygens (including phenoxy) is 3. The third-order valence-electron chi connectivity index (χ3n) is 18.6. The molecule has 0 aliphatic heterocycles. The van der Waals surface area contributed by atoms with E-state index in [2.05, 4.69) is 203 Å². The van der Waals surface area contributed by atoms with Crippen LogP contribution >= 0.6 is 15.6 Å². The molecule has 0 bridgehead atoms. The Balaban J connectivity index is 4.58. The number of phosphoric ester groups is 2. The van der Waals surface area contributed by atoms with Gasteiger partial charge in [0.1, 0.15) is 25.4 Å². The van der Waals surface area contributed by atoms with Crippen molar-refractivity contribution in [3.05, 3.63) is 182 Å². The summed E-state index contributed by atoms with van der Waals surface area (Å²) in [6.45, 7) is 2.35. The van der Waals surface area contributed by atoms with Crippen LogP contribution in [0.3, 0.4) is 0 Å². The number of carbonyl (C=O) groups is 3. The SMILES string of the molecule is CC/C=C\C/C=C\C/C=C\C/C=C\C/C=C\C/C=C\CCCCCCCCCCCCCCC(=O)OCC(O)COP(=O)(O)OCC(O)COP(=O)(O)OCC(COC(=O)CCCCCCCCCCCCCCC/C=C\C/C=C\C/C=C\C/C=C\C/C=C\CC)OC(=O)CCCCCCCC/C=C\C/C=C\C/C=C\C/C=C\CC. The predicted molar refractivity (Wildman–Crippen MR) is 481 cm³/mol. The first kappa shape index (κ1) is 110. The third-order valence-corrected chi connectivity index (χ3v) is 20.5. The number of aliphatic hydroxyl groups excluding tert-OH is 2. The number of carbonyl (C=O) groups excluding carboxylic acids is 3. The monoisotopic (exact) mass is 1650 g/mol. The standard InChI is InChI=1S/C97H162O16P2/c1-4-7-10-13-16-19-22-25-28-31-34-36-38-40-42-44-45-47-49-50-52-54-57-59-62-65-68-71-74-77-80-83-95(100)107-86-92(98)87-109-114(103,104)110-88-93(99)89-111-115(105,106)112-91-94(113-97(102)85-82-79-76-73-70-67-64-61-56-33-30-27-24-21-18-15-12-9-6-3)90-108-96(101)84-81-78-75-72-69-66-63-60-58-55-53-51-48-46-43-41-39-37-35-32-29-26-23-20-17-14-11-8-5-2/h7-12,16-21,25-30,34-37,40-43,45,47,56,61,92-94,98-99H,4-6,13-15,22-24,31-33,38-39,44,46,48-55,57-60,62-91H2,1-3H3,(H,103,104)(H,105,106)/b10-7-,11-8-,12-9-,19-16-,20-17-,21-18-,28-25-,29-26-,30-27-,36-34-,37-35-,42-40-,43-41-,47-45-,61-56-. The van der Waals surface area contributed by atoms with Gasteiger partial charge in [0.2, 0.25) is 0 Å². The minimum Gasteiger partial charge on any atom is -0.463 e. The molecule has 0 rings (SSSR count). The molecule has 0 saturated heterocycles. The number of rotatable bonds is 84. The summed E-state index contributed by atoms with van der Waals surface area (Å²) >= 11 is 0. The molecule has 5 unspecified atom stereocenters. The fraction of sp³-hybridized carbons (Fsp3) is 0.660. The fourth-order valence-corrected chi connectivity index (χ4v) is 13.5. The summed E-state index contributed by atoms with van der Waals surface area (Å²) in [7, 11) is -9.82. The van der Waals surface area contributed by atoms with Gasteiger partial charge in [0.25, 0.3) is 0 Å². The number of aliphatic hydroxyl groups is 2. The van der Waals surface area contributed by atoms with Gasteiger partial charge in [-0.3, -0.25) is 32.5 Å². The molecule has 0 aliphatic rings. The van der Waals surface area contributed by atoms with E-state index in [0.29, 0.717) is 19.3 Å². The Morgan fingerprint density at radius 3 is 0.687 bits per heavy atom. The van der Waals surface area contributed by atoms with Gasteiger partial charge in [-0.15, -0.1) is 0 Å². The quantitative estimate of drug-likeness (QED) is 0.0146. The van der Waals surface area contributed by atoms with Crippen LogP contribution in [0.5, 0.6) is 0 Å². The number of hydrogen-bond donors (Lipinski definition) is 4. The van der Waals surface area contributed by atoms with E-state index in [4.69, 9.17) is 32.3 Å². The second-order valence-electron chi connectivity index (χ2n) is 29.6. The van der Waals surface area contributed by atoms with Crippen molar-refractivity contribution < 1.29 is 75.8 Å². The lowest BCUT2D eigenvalue weighted by Crippen LogP contribution is -2.30. The molecule has 0 fully saturated rings. The van der Waals surface area contributed by atoms with Crippen LogP contribution in [-0.4, -0.2) is 95.9 Å². The molecular formula is C97H162O16P2. The smallest absolute Gasteiger partial charge is 0.463 e. The molecule has 5 atom stereocenters. The number of unbranched alkanes of at least 4 members (excludes halogenated alkanes) is 31. The average Bonchev–Trinajstić information content (AvgIpc) is 0.896. The molecule has 16 nitrogen and oxygen atoms in total. The molecule has 0 saturated carbocycles. The third kappa shape index (κ3) is 89.3. The highest BCUT2D eigenvalue weighted by Gasteiger charge is 2.29. The zero-order valence-corrected chi connectivity index (χ0v) is 73.9. The minimum absolute atomic E-state index is 0.0837. The van der Waals surface area contributed by atoms with E-state index in [1.54, 1.807) is 0 Å². The van der Waals surface area contributed by atoms with Crippen LogP contribution in [0.25, 0.3) is 0 Å². The molecule has 115 heavy (non-hydrogen) atoms. The van der Waals surface area contributed by atoms with Gasteiger partial charge in [0, 0.05) is 19.3 Å². The first-order valence-corrected chi connectivity index (χ1v) is 48.1. The van der Waals surface area contributed by atoms with E-state index < -0.39 is 91.5 Å². The number of esters is 3. The summed E-state index contributed by atoms with van der Waals surface area (Å²) in [6, 6.07) is 0. The highest BCUT2D eigenvalue weighted by atomic mass is 31.2. The van der Waals surface area contributed by atoms with Crippen molar-refractivity contribution in [1.82, 2.24) is 0 Å². The zero-order chi connectivity index (χ0) is 83.6. The van der Waals surface area contributed by atoms with Crippen LogP contribution in [0.4, 0.5) is 0 Å². The van der Waals surface area contributed by atoms with Crippen LogP contribution in [-0.2, 0) is 55.8 Å². The van der Waals surface area contributed by atoms with Gasteiger partial charge in [-0.1, -0.05) is 364 Å². The first-order chi connectivity index (χ1) is 56.2. The zero-order valence-electron chi connectivity index (χ0n) is 72.1. The molecule has 0 aromatic heterocycles. The van der Waals surface area contributed by atoms with Gasteiger partial charge in [0.15, 0.2) is 6.10 Å². The molecule has 18 heteroatoms. The maximum atomic E-state index is 13.0. The molecule has 0 aromatic carbocycles. The van der Waals surface area contributed by atoms with Crippen LogP contribution in [0.15, 0.2) is 182 Å². The lowest BCUT2D eigenvalue weighted by atomic mass is 10.0. The Labute approximate surface area is 700 Å². The molecule has 0 spiro atoms. The van der Waals surface area contributed by atoms with E-state index >= 15 is 0 Å². The summed E-state index contributed by atoms with van der Waals surface area (Å²) in [5.41, 5.74) is 0.